The number of hydrogen-bond acceptors (Lipinski definition) is 6. The van der Waals surface area contributed by atoms with Crippen LogP contribution >= 0.6 is 0 Å². The summed E-state index contributed by atoms with van der Waals surface area (Å²) in [4.78, 5) is 13.9. The van der Waals surface area contributed by atoms with Crippen LogP contribution in [-0.2, 0) is 0 Å². The number of carbonyl (C=O) groups excluding carboxylic acids is 1. The van der Waals surface area contributed by atoms with Crippen molar-refractivity contribution in [3.63, 3.8) is 0 Å². The van der Waals surface area contributed by atoms with Crippen molar-refractivity contribution >= 4 is 11.7 Å². The molecule has 2 aromatic carbocycles. The van der Waals surface area contributed by atoms with E-state index in [9.17, 15) is 10.1 Å². The molecule has 0 saturated carbocycles. The van der Waals surface area contributed by atoms with E-state index in [0.29, 0.717) is 30.1 Å². The summed E-state index contributed by atoms with van der Waals surface area (Å²) in [6.45, 7) is 5.31. The second kappa shape index (κ2) is 8.63. The van der Waals surface area contributed by atoms with E-state index in [0.717, 1.165) is 24.2 Å². The van der Waals surface area contributed by atoms with Crippen molar-refractivity contribution in [1.82, 2.24) is 14.7 Å². The zero-order valence-corrected chi connectivity index (χ0v) is 18.2. The third-order valence-corrected chi connectivity index (χ3v) is 5.92. The quantitative estimate of drug-likeness (QED) is 0.594. The van der Waals surface area contributed by atoms with E-state index in [2.05, 4.69) is 18.2 Å². The lowest BCUT2D eigenvalue weighted by atomic mass is 10.1. The summed E-state index contributed by atoms with van der Waals surface area (Å²) in [7, 11) is 0. The Balaban J connectivity index is 1.63. The Morgan fingerprint density at radius 3 is 2.53 bits per heavy atom. The van der Waals surface area contributed by atoms with E-state index >= 15 is 0 Å². The van der Waals surface area contributed by atoms with Crippen molar-refractivity contribution in [2.45, 2.75) is 32.7 Å². The molecule has 0 unspecified atom stereocenters. The number of anilines is 1. The first-order valence-electron chi connectivity index (χ1n) is 10.6. The molecule has 1 saturated heterocycles. The monoisotopic (exact) mass is 430 g/mol. The van der Waals surface area contributed by atoms with Gasteiger partial charge >= 0.3 is 0 Å². The lowest BCUT2D eigenvalue weighted by Gasteiger charge is -2.29. The second-order valence-electron chi connectivity index (χ2n) is 8.13. The predicted molar refractivity (Wildman–Crippen MR) is 122 cm³/mol. The fraction of sp³-hybridized carbons (Fsp3) is 0.292. The number of benzene rings is 2. The van der Waals surface area contributed by atoms with Crippen LogP contribution in [0.2, 0.25) is 0 Å². The van der Waals surface area contributed by atoms with Gasteiger partial charge in [0.15, 0.2) is 6.19 Å². The number of likely N-dealkylation sites (tertiary alicyclic amines) is 1. The van der Waals surface area contributed by atoms with Gasteiger partial charge in [-0.1, -0.05) is 6.07 Å². The van der Waals surface area contributed by atoms with E-state index in [1.165, 1.54) is 5.56 Å². The lowest BCUT2D eigenvalue weighted by Crippen LogP contribution is -2.34. The third-order valence-electron chi connectivity index (χ3n) is 5.92. The van der Waals surface area contributed by atoms with Crippen molar-refractivity contribution < 1.29 is 9.53 Å². The summed E-state index contributed by atoms with van der Waals surface area (Å²) in [5.41, 5.74) is 15.6. The highest BCUT2D eigenvalue weighted by Crippen LogP contribution is 2.33. The molecular weight excluding hydrogens is 404 g/mol. The van der Waals surface area contributed by atoms with Gasteiger partial charge in [0.05, 0.1) is 12.6 Å². The van der Waals surface area contributed by atoms with Gasteiger partial charge in [0, 0.05) is 12.1 Å². The number of nitrogens with zero attached hydrogens (tertiary/aromatic N) is 4. The Kier molecular flexibility index (Phi) is 5.73. The molecule has 4 N–H and O–H groups in total. The normalized spacial score (nSPS) is 15.9. The van der Waals surface area contributed by atoms with Crippen LogP contribution in [0.15, 0.2) is 42.5 Å². The molecular formula is C24H26N6O2. The summed E-state index contributed by atoms with van der Waals surface area (Å²) in [5, 5.41) is 13.9. The zero-order chi connectivity index (χ0) is 22.8. The van der Waals surface area contributed by atoms with Crippen molar-refractivity contribution in [3.05, 3.63) is 59.2 Å². The van der Waals surface area contributed by atoms with Gasteiger partial charge in [-0.05, 0) is 74.2 Å². The van der Waals surface area contributed by atoms with Crippen molar-refractivity contribution in [1.29, 1.82) is 5.26 Å². The number of nitrogen functional groups attached to an aromatic ring is 1. The summed E-state index contributed by atoms with van der Waals surface area (Å²) in [6.07, 6.45) is 3.85. The molecule has 0 aliphatic carbocycles. The number of primary amides is 1. The van der Waals surface area contributed by atoms with Crippen LogP contribution in [0.25, 0.3) is 11.3 Å². The number of ether oxygens (including phenoxy) is 1. The van der Waals surface area contributed by atoms with Crippen LogP contribution in [0.4, 0.5) is 5.82 Å². The molecule has 1 aromatic heterocycles. The van der Waals surface area contributed by atoms with Gasteiger partial charge in [-0.2, -0.15) is 10.4 Å². The van der Waals surface area contributed by atoms with Crippen LogP contribution in [0, 0.1) is 25.3 Å². The maximum absolute atomic E-state index is 12.2. The topological polar surface area (TPSA) is 123 Å². The highest BCUT2D eigenvalue weighted by molar-refractivity contribution is 6.03. The zero-order valence-electron chi connectivity index (χ0n) is 18.2. The number of nitriles is 1. The molecule has 0 bridgehead atoms. The fourth-order valence-electron chi connectivity index (χ4n) is 4.01. The average Bonchev–Trinajstić information content (AvgIpc) is 3.14. The predicted octanol–water partition coefficient (Wildman–Crippen LogP) is 3.76. The van der Waals surface area contributed by atoms with Gasteiger partial charge in [-0.25, -0.2) is 4.68 Å². The second-order valence-corrected chi connectivity index (χ2v) is 8.13. The number of hydrogen-bond donors (Lipinski definition) is 2. The molecule has 164 valence electrons. The molecule has 1 aliphatic heterocycles. The number of amides is 1. The molecule has 1 fully saturated rings. The Labute approximate surface area is 187 Å². The van der Waals surface area contributed by atoms with Gasteiger partial charge in [0.2, 0.25) is 0 Å². The molecule has 1 aliphatic rings. The maximum atomic E-state index is 12.2. The fourth-order valence-corrected chi connectivity index (χ4v) is 4.01. The standard InChI is InChI=1S/C24H26N6O2/c1-15-5-8-20(12-16(15)2)32-19-9-6-17(7-10-19)22-21(24(27)31)23(26)30(28-22)18-4-3-11-29(13-18)14-25/h5-10,12,18H,3-4,11,13,26H2,1-2H3,(H2,27,31)/t18-/m0/s1. The first-order valence-corrected chi connectivity index (χ1v) is 10.6. The minimum absolute atomic E-state index is 0.0948. The summed E-state index contributed by atoms with van der Waals surface area (Å²) in [5.74, 6) is 1.02. The summed E-state index contributed by atoms with van der Waals surface area (Å²) in [6, 6.07) is 13.2. The number of nitrogens with two attached hydrogens (primary N) is 2. The molecule has 32 heavy (non-hydrogen) atoms. The number of aromatic nitrogens is 2. The number of aryl methyl sites for hydroxylation is 2. The van der Waals surface area contributed by atoms with Crippen LogP contribution in [0.3, 0.4) is 0 Å². The molecule has 3 aromatic rings. The molecule has 8 heteroatoms. The van der Waals surface area contributed by atoms with Crippen LogP contribution in [0.5, 0.6) is 11.5 Å². The van der Waals surface area contributed by atoms with Gasteiger partial charge in [-0.15, -0.1) is 0 Å². The highest BCUT2D eigenvalue weighted by Gasteiger charge is 2.28. The Hall–Kier alpha value is -3.99. The molecule has 2 heterocycles. The van der Waals surface area contributed by atoms with Gasteiger partial charge in [0.1, 0.15) is 28.6 Å². The molecule has 4 rings (SSSR count). The van der Waals surface area contributed by atoms with Crippen molar-refractivity contribution in [2.24, 2.45) is 5.73 Å². The Bertz CT molecular complexity index is 1190. The van der Waals surface area contributed by atoms with E-state index in [4.69, 9.17) is 16.2 Å². The smallest absolute Gasteiger partial charge is 0.254 e. The minimum Gasteiger partial charge on any atom is -0.457 e. The molecule has 1 amide bonds. The van der Waals surface area contributed by atoms with Crippen molar-refractivity contribution in [3.8, 4) is 28.9 Å². The molecule has 8 nitrogen and oxygen atoms in total. The molecule has 1 atom stereocenters. The number of carbonyl (C=O) groups is 1. The number of rotatable bonds is 5. The molecule has 0 radical (unpaired) electrons. The maximum Gasteiger partial charge on any atom is 0.254 e. The van der Waals surface area contributed by atoms with E-state index < -0.39 is 5.91 Å². The summed E-state index contributed by atoms with van der Waals surface area (Å²) >= 11 is 0. The minimum atomic E-state index is -0.632. The van der Waals surface area contributed by atoms with Crippen LogP contribution in [-0.4, -0.2) is 33.7 Å². The lowest BCUT2D eigenvalue weighted by molar-refractivity contribution is 0.100. The molecule has 0 spiro atoms. The van der Waals surface area contributed by atoms with E-state index in [1.54, 1.807) is 9.58 Å². The Morgan fingerprint density at radius 1 is 1.16 bits per heavy atom. The largest absolute Gasteiger partial charge is 0.457 e. The van der Waals surface area contributed by atoms with Crippen LogP contribution in [0.1, 0.15) is 40.4 Å². The highest BCUT2D eigenvalue weighted by atomic mass is 16.5. The summed E-state index contributed by atoms with van der Waals surface area (Å²) < 4.78 is 7.59. The SMILES string of the molecule is Cc1ccc(Oc2ccc(-c3nn([C@H]4CCCN(C#N)C4)c(N)c3C(N)=O)cc2)cc1C. The third kappa shape index (κ3) is 4.10. The first-order chi connectivity index (χ1) is 15.4. The van der Waals surface area contributed by atoms with Gasteiger partial charge in [-0.3, -0.25) is 4.79 Å². The van der Waals surface area contributed by atoms with Gasteiger partial charge < -0.3 is 21.1 Å². The van der Waals surface area contributed by atoms with E-state index in [1.807, 2.05) is 49.4 Å². The number of piperidine rings is 1. The van der Waals surface area contributed by atoms with Gasteiger partial charge in [0.25, 0.3) is 5.91 Å². The average molecular weight is 431 g/mol. The first kappa shape index (κ1) is 21.2. The Morgan fingerprint density at radius 2 is 1.88 bits per heavy atom. The van der Waals surface area contributed by atoms with Crippen molar-refractivity contribution in [2.75, 3.05) is 18.8 Å². The van der Waals surface area contributed by atoms with Crippen LogP contribution < -0.4 is 16.2 Å². The van der Waals surface area contributed by atoms with E-state index in [-0.39, 0.29) is 17.4 Å².